The van der Waals surface area contributed by atoms with Crippen LogP contribution in [-0.4, -0.2) is 42.5 Å². The molecule has 0 saturated carbocycles. The van der Waals surface area contributed by atoms with Crippen molar-refractivity contribution < 1.29 is 18.0 Å². The zero-order valence-electron chi connectivity index (χ0n) is 14.8. The molecule has 1 atom stereocenters. The minimum Gasteiger partial charge on any atom is -0.309 e. The van der Waals surface area contributed by atoms with Gasteiger partial charge in [0.25, 0.3) is 5.91 Å². The molecule has 3 aromatic rings. The Morgan fingerprint density at radius 3 is 2.75 bits per heavy atom. The lowest BCUT2D eigenvalue weighted by atomic mass is 10.1. The number of likely N-dealkylation sites (N-methyl/N-ethyl adjacent to an activating group) is 1. The predicted octanol–water partition coefficient (Wildman–Crippen LogP) is 3.08. The van der Waals surface area contributed by atoms with Crippen LogP contribution in [0.5, 0.6) is 0 Å². The highest BCUT2D eigenvalue weighted by atomic mass is 35.5. The summed E-state index contributed by atoms with van der Waals surface area (Å²) in [6, 6.07) is 8.26. The molecule has 0 saturated heterocycles. The van der Waals surface area contributed by atoms with Crippen LogP contribution < -0.4 is 5.32 Å². The number of hydrogen-bond donors (Lipinski definition) is 1. The largest absolute Gasteiger partial charge is 0.309 e. The van der Waals surface area contributed by atoms with E-state index in [0.717, 1.165) is 15.6 Å². The summed E-state index contributed by atoms with van der Waals surface area (Å²) >= 11 is 7.01. The summed E-state index contributed by atoms with van der Waals surface area (Å²) in [5, 5.41) is 3.39. The first kappa shape index (κ1) is 19.0. The van der Waals surface area contributed by atoms with Crippen molar-refractivity contribution in [3.05, 3.63) is 52.0 Å². The van der Waals surface area contributed by atoms with Gasteiger partial charge in [0.2, 0.25) is 15.8 Å². The van der Waals surface area contributed by atoms with Crippen molar-refractivity contribution in [1.29, 1.82) is 0 Å². The van der Waals surface area contributed by atoms with Gasteiger partial charge in [0, 0.05) is 27.9 Å². The number of halogens is 1. The molecular formula is C18H14ClN3O4S2. The summed E-state index contributed by atoms with van der Waals surface area (Å²) in [7, 11) is -2.82. The van der Waals surface area contributed by atoms with Gasteiger partial charge in [-0.25, -0.2) is 13.4 Å². The van der Waals surface area contributed by atoms with E-state index in [2.05, 4.69) is 10.3 Å². The highest BCUT2D eigenvalue weighted by molar-refractivity contribution is 7.89. The SMILES string of the molecule is Cc1cccc(NC(=O)C2C(=O)c3sc4cc(Cl)ccc4c3S(=O)(=O)N2C)n1. The first-order valence-corrected chi connectivity index (χ1v) is 10.8. The molecule has 10 heteroatoms. The number of Topliss-reactive ketones (excluding diaryl/α,β-unsaturated/α-hetero) is 1. The van der Waals surface area contributed by atoms with Crippen LogP contribution in [-0.2, 0) is 14.8 Å². The lowest BCUT2D eigenvalue weighted by molar-refractivity contribution is -0.118. The number of anilines is 1. The first-order valence-electron chi connectivity index (χ1n) is 8.19. The zero-order chi connectivity index (χ0) is 20.2. The van der Waals surface area contributed by atoms with Gasteiger partial charge in [0.1, 0.15) is 10.7 Å². The minimum absolute atomic E-state index is 0.0349. The van der Waals surface area contributed by atoms with Gasteiger partial charge in [-0.2, -0.15) is 4.31 Å². The smallest absolute Gasteiger partial charge is 0.252 e. The van der Waals surface area contributed by atoms with Crippen LogP contribution in [0.1, 0.15) is 15.4 Å². The summed E-state index contributed by atoms with van der Waals surface area (Å²) in [4.78, 5) is 30.0. The molecule has 2 aromatic heterocycles. The highest BCUT2D eigenvalue weighted by Crippen LogP contribution is 2.41. The van der Waals surface area contributed by atoms with E-state index >= 15 is 0 Å². The molecule has 1 aliphatic rings. The Balaban J connectivity index is 1.81. The van der Waals surface area contributed by atoms with Crippen molar-refractivity contribution in [1.82, 2.24) is 9.29 Å². The van der Waals surface area contributed by atoms with E-state index in [0.29, 0.717) is 20.8 Å². The Bertz CT molecular complexity index is 1250. The third-order valence-corrected chi connectivity index (χ3v) is 7.91. The number of nitrogens with zero attached hydrogens (tertiary/aromatic N) is 2. The first-order chi connectivity index (χ1) is 13.2. The quantitative estimate of drug-likeness (QED) is 0.624. The monoisotopic (exact) mass is 435 g/mol. The second-order valence-corrected chi connectivity index (χ2v) is 9.77. The number of carbonyl (C=O) groups excluding carboxylic acids is 2. The molecule has 1 N–H and O–H groups in total. The van der Waals surface area contributed by atoms with Gasteiger partial charge in [0.15, 0.2) is 6.04 Å². The molecule has 1 aromatic carbocycles. The molecule has 1 amide bonds. The number of aromatic nitrogens is 1. The molecule has 0 spiro atoms. The minimum atomic E-state index is -4.05. The number of sulfonamides is 1. The maximum absolute atomic E-state index is 13.1. The molecule has 1 aliphatic heterocycles. The van der Waals surface area contributed by atoms with E-state index in [4.69, 9.17) is 11.6 Å². The fourth-order valence-electron chi connectivity index (χ4n) is 3.13. The number of fused-ring (bicyclic) bond motifs is 3. The van der Waals surface area contributed by atoms with Crippen LogP contribution in [0.3, 0.4) is 0 Å². The number of rotatable bonds is 2. The highest BCUT2D eigenvalue weighted by Gasteiger charge is 2.47. The molecule has 4 rings (SSSR count). The average molecular weight is 436 g/mol. The van der Waals surface area contributed by atoms with E-state index in [1.165, 1.54) is 7.05 Å². The number of aryl methyl sites for hydroxylation is 1. The van der Waals surface area contributed by atoms with Crippen LogP contribution in [0.4, 0.5) is 5.82 Å². The molecule has 144 valence electrons. The van der Waals surface area contributed by atoms with Gasteiger partial charge in [0.05, 0.1) is 4.88 Å². The Morgan fingerprint density at radius 1 is 1.29 bits per heavy atom. The van der Waals surface area contributed by atoms with Crippen molar-refractivity contribution in [3.63, 3.8) is 0 Å². The fourth-order valence-corrected chi connectivity index (χ4v) is 6.52. The van der Waals surface area contributed by atoms with Gasteiger partial charge in [-0.3, -0.25) is 9.59 Å². The molecule has 1 unspecified atom stereocenters. The van der Waals surface area contributed by atoms with Crippen molar-refractivity contribution in [3.8, 4) is 0 Å². The normalized spacial score (nSPS) is 18.8. The van der Waals surface area contributed by atoms with Crippen LogP contribution in [0, 0.1) is 6.92 Å². The standard InChI is InChI=1S/C18H14ClN3O4S2/c1-9-4-3-5-13(20-9)21-18(24)14-15(23)16-17(28(25,26)22(14)2)11-7-6-10(19)8-12(11)27-16/h3-8,14H,1-2H3,(H,20,21,24). The number of pyridine rings is 1. The van der Waals surface area contributed by atoms with Gasteiger partial charge in [-0.15, -0.1) is 11.3 Å². The summed E-state index contributed by atoms with van der Waals surface area (Å²) in [5.74, 6) is -1.08. The summed E-state index contributed by atoms with van der Waals surface area (Å²) in [6.07, 6.45) is 0. The van der Waals surface area contributed by atoms with Gasteiger partial charge in [-0.1, -0.05) is 23.7 Å². The van der Waals surface area contributed by atoms with Crippen molar-refractivity contribution in [2.75, 3.05) is 12.4 Å². The van der Waals surface area contributed by atoms with E-state index in [1.54, 1.807) is 43.3 Å². The predicted molar refractivity (Wildman–Crippen MR) is 108 cm³/mol. The molecule has 3 heterocycles. The van der Waals surface area contributed by atoms with Crippen LogP contribution in [0.2, 0.25) is 5.02 Å². The summed E-state index contributed by atoms with van der Waals surface area (Å²) in [6.45, 7) is 1.76. The Morgan fingerprint density at radius 2 is 2.04 bits per heavy atom. The zero-order valence-corrected chi connectivity index (χ0v) is 17.2. The maximum Gasteiger partial charge on any atom is 0.252 e. The van der Waals surface area contributed by atoms with Crippen molar-refractivity contribution in [2.45, 2.75) is 17.9 Å². The lowest BCUT2D eigenvalue weighted by Gasteiger charge is -2.29. The third-order valence-electron chi connectivity index (χ3n) is 4.47. The van der Waals surface area contributed by atoms with Crippen molar-refractivity contribution in [2.24, 2.45) is 0 Å². The Hall–Kier alpha value is -2.33. The number of carbonyl (C=O) groups is 2. The fraction of sp³-hybridized carbons (Fsp3) is 0.167. The number of nitrogens with one attached hydrogen (secondary N) is 1. The molecule has 0 aliphatic carbocycles. The third kappa shape index (κ3) is 2.91. The number of benzene rings is 1. The average Bonchev–Trinajstić information content (AvgIpc) is 3.00. The van der Waals surface area contributed by atoms with Gasteiger partial charge in [-0.05, 0) is 31.2 Å². The second kappa shape index (κ2) is 6.63. The molecule has 7 nitrogen and oxygen atoms in total. The number of ketones is 1. The summed E-state index contributed by atoms with van der Waals surface area (Å²) < 4.78 is 27.5. The van der Waals surface area contributed by atoms with Gasteiger partial charge >= 0.3 is 0 Å². The molecule has 0 bridgehead atoms. The maximum atomic E-state index is 13.1. The molecule has 0 radical (unpaired) electrons. The van der Waals surface area contributed by atoms with E-state index in [1.807, 2.05) is 0 Å². The van der Waals surface area contributed by atoms with Crippen molar-refractivity contribution >= 4 is 60.6 Å². The van der Waals surface area contributed by atoms with Crippen LogP contribution in [0.15, 0.2) is 41.3 Å². The number of amides is 1. The van der Waals surface area contributed by atoms with Gasteiger partial charge < -0.3 is 5.32 Å². The van der Waals surface area contributed by atoms with E-state index < -0.39 is 27.8 Å². The van der Waals surface area contributed by atoms with Crippen LogP contribution in [0.25, 0.3) is 10.1 Å². The number of thiophene rings is 1. The number of hydrogen-bond acceptors (Lipinski definition) is 6. The van der Waals surface area contributed by atoms with Crippen LogP contribution >= 0.6 is 22.9 Å². The summed E-state index contributed by atoms with van der Waals surface area (Å²) in [5.41, 5.74) is 0.678. The second-order valence-electron chi connectivity index (χ2n) is 6.34. The lowest BCUT2D eigenvalue weighted by Crippen LogP contribution is -2.52. The molecule has 0 fully saturated rings. The molecular weight excluding hydrogens is 422 g/mol. The Labute approximate surface area is 170 Å². The Kier molecular flexibility index (Phi) is 4.50. The van der Waals surface area contributed by atoms with E-state index in [-0.39, 0.29) is 15.6 Å². The molecule has 28 heavy (non-hydrogen) atoms. The van der Waals surface area contributed by atoms with E-state index in [9.17, 15) is 18.0 Å². The topological polar surface area (TPSA) is 96.4 Å².